The molecule has 1 unspecified atom stereocenters. The van der Waals surface area contributed by atoms with Crippen LogP contribution in [0.1, 0.15) is 5.56 Å². The molecule has 0 bridgehead atoms. The Morgan fingerprint density at radius 3 is 2.50 bits per heavy atom. The van der Waals surface area contributed by atoms with Crippen LogP contribution in [0.5, 0.6) is 0 Å². The molecule has 1 fully saturated rings. The summed E-state index contributed by atoms with van der Waals surface area (Å²) in [7, 11) is 1.46. The van der Waals surface area contributed by atoms with Gasteiger partial charge in [-0.2, -0.15) is 0 Å². The molecule has 1 saturated heterocycles. The van der Waals surface area contributed by atoms with E-state index in [1.165, 1.54) is 19.4 Å². The highest BCUT2D eigenvalue weighted by Gasteiger charge is 2.43. The standard InChI is InChI=1S/C33H30FN7O3/c1-44-32-29(30(42)31(32)43)40-13-11-39(12-14-40)19-20-4-7-23(8-5-20)41-27(24-3-2-10-36-33(24)35)16-26-28(41)15-21(17-37-26)25-9-6-22(34)18-38-25/h2-10,15-18,30,42H,11-14,19H2,1H3,(H2,35,36). The van der Waals surface area contributed by atoms with E-state index >= 15 is 0 Å². The van der Waals surface area contributed by atoms with Gasteiger partial charge in [0.25, 0.3) is 0 Å². The first-order valence-corrected chi connectivity index (χ1v) is 14.3. The van der Waals surface area contributed by atoms with Crippen LogP contribution in [0.15, 0.2) is 90.7 Å². The average Bonchev–Trinajstić information content (AvgIpc) is 3.43. The molecule has 0 radical (unpaired) electrons. The lowest BCUT2D eigenvalue weighted by Gasteiger charge is -2.41. The van der Waals surface area contributed by atoms with Gasteiger partial charge in [0.15, 0.2) is 11.9 Å². The van der Waals surface area contributed by atoms with E-state index in [0.717, 1.165) is 58.7 Å². The highest BCUT2D eigenvalue weighted by Crippen LogP contribution is 2.35. The van der Waals surface area contributed by atoms with E-state index in [4.69, 9.17) is 15.5 Å². The molecule has 0 amide bonds. The number of carbonyl (C=O) groups excluding carboxylic acids is 1. The zero-order chi connectivity index (χ0) is 30.4. The van der Waals surface area contributed by atoms with Crippen molar-refractivity contribution >= 4 is 22.6 Å². The predicted octanol–water partition coefficient (Wildman–Crippen LogP) is 3.79. The number of benzene rings is 1. The van der Waals surface area contributed by atoms with Crippen LogP contribution in [0.25, 0.3) is 39.2 Å². The minimum absolute atomic E-state index is 0.266. The zero-order valence-corrected chi connectivity index (χ0v) is 24.0. The molecule has 7 rings (SSSR count). The molecule has 1 aliphatic carbocycles. The first-order chi connectivity index (χ1) is 21.4. The van der Waals surface area contributed by atoms with E-state index in [1.54, 1.807) is 18.5 Å². The van der Waals surface area contributed by atoms with Gasteiger partial charge in [-0.25, -0.2) is 9.37 Å². The largest absolute Gasteiger partial charge is 0.491 e. The number of pyridine rings is 3. The van der Waals surface area contributed by atoms with Crippen molar-refractivity contribution in [1.82, 2.24) is 29.3 Å². The van der Waals surface area contributed by atoms with Gasteiger partial charge in [0.2, 0.25) is 5.78 Å². The molecule has 1 atom stereocenters. The number of ether oxygens (including phenoxy) is 1. The highest BCUT2D eigenvalue weighted by molar-refractivity contribution is 6.06. The fraction of sp³-hybridized carbons (Fsp3) is 0.212. The summed E-state index contributed by atoms with van der Waals surface area (Å²) in [5.74, 6) is -0.0645. The van der Waals surface area contributed by atoms with Gasteiger partial charge in [-0.15, -0.1) is 0 Å². The molecule has 5 aromatic rings. The van der Waals surface area contributed by atoms with Crippen LogP contribution in [0.4, 0.5) is 10.2 Å². The second kappa shape index (κ2) is 11.2. The summed E-state index contributed by atoms with van der Waals surface area (Å²) in [6.07, 6.45) is 3.52. The fourth-order valence-corrected chi connectivity index (χ4v) is 5.97. The van der Waals surface area contributed by atoms with E-state index in [-0.39, 0.29) is 11.5 Å². The first kappa shape index (κ1) is 27.7. The summed E-state index contributed by atoms with van der Waals surface area (Å²) in [6.45, 7) is 3.76. The number of aromatic nitrogens is 4. The summed E-state index contributed by atoms with van der Waals surface area (Å²) in [6, 6.07) is 19.2. The minimum atomic E-state index is -1.08. The van der Waals surface area contributed by atoms with Crippen molar-refractivity contribution in [2.75, 3.05) is 39.0 Å². The molecule has 0 saturated carbocycles. The molecule has 0 spiro atoms. The Morgan fingerprint density at radius 1 is 1.00 bits per heavy atom. The molecule has 1 aromatic carbocycles. The van der Waals surface area contributed by atoms with Crippen molar-refractivity contribution in [2.24, 2.45) is 0 Å². The van der Waals surface area contributed by atoms with Crippen LogP contribution < -0.4 is 5.73 Å². The summed E-state index contributed by atoms with van der Waals surface area (Å²) in [5, 5.41) is 10.1. The number of ketones is 1. The number of fused-ring (bicyclic) bond motifs is 1. The predicted molar refractivity (Wildman–Crippen MR) is 164 cm³/mol. The second-order valence-electron chi connectivity index (χ2n) is 10.9. The normalized spacial score (nSPS) is 17.3. The number of methoxy groups -OCH3 is 1. The molecule has 1 aliphatic heterocycles. The maximum absolute atomic E-state index is 13.5. The minimum Gasteiger partial charge on any atom is -0.491 e. The number of hydrogen-bond donors (Lipinski definition) is 2. The molecule has 44 heavy (non-hydrogen) atoms. The third kappa shape index (κ3) is 4.85. The van der Waals surface area contributed by atoms with Gasteiger partial charge in [-0.3, -0.25) is 19.7 Å². The van der Waals surface area contributed by atoms with Crippen LogP contribution in [-0.4, -0.2) is 79.6 Å². The maximum atomic E-state index is 13.5. The van der Waals surface area contributed by atoms with E-state index in [9.17, 15) is 14.3 Å². The molecule has 3 N–H and O–H groups in total. The van der Waals surface area contributed by atoms with Gasteiger partial charge in [0.1, 0.15) is 11.6 Å². The SMILES string of the molecule is COC1=C(N2CCN(Cc3ccc(-n4c(-c5cccnc5N)cc5ncc(-c6ccc(F)cn6)cc54)cc3)CC2)C(O)C1=O. The summed E-state index contributed by atoms with van der Waals surface area (Å²) < 4.78 is 20.8. The number of Topliss-reactive ketones (excluding diaryl/α,β-unsaturated/α-hetero) is 1. The molecule has 2 aliphatic rings. The van der Waals surface area contributed by atoms with Crippen LogP contribution in [-0.2, 0) is 16.1 Å². The number of nitrogens with zero attached hydrogens (tertiary/aromatic N) is 6. The average molecular weight is 592 g/mol. The monoisotopic (exact) mass is 591 g/mol. The van der Waals surface area contributed by atoms with Crippen molar-refractivity contribution in [3.63, 3.8) is 0 Å². The van der Waals surface area contributed by atoms with Gasteiger partial charge in [-0.05, 0) is 54.1 Å². The molecule has 222 valence electrons. The smallest absolute Gasteiger partial charge is 0.233 e. The first-order valence-electron chi connectivity index (χ1n) is 14.3. The second-order valence-corrected chi connectivity index (χ2v) is 10.9. The molecule has 4 aromatic heterocycles. The van der Waals surface area contributed by atoms with Gasteiger partial charge in [0, 0.05) is 61.9 Å². The highest BCUT2D eigenvalue weighted by atomic mass is 19.1. The van der Waals surface area contributed by atoms with Gasteiger partial charge in [-0.1, -0.05) is 12.1 Å². The number of anilines is 1. The van der Waals surface area contributed by atoms with Crippen molar-refractivity contribution in [2.45, 2.75) is 12.6 Å². The Balaban J connectivity index is 1.17. The van der Waals surface area contributed by atoms with Crippen LogP contribution in [0.2, 0.25) is 0 Å². The summed E-state index contributed by atoms with van der Waals surface area (Å²) >= 11 is 0. The number of aliphatic hydroxyl groups excluding tert-OH is 1. The number of carbonyl (C=O) groups is 1. The fourth-order valence-electron chi connectivity index (χ4n) is 5.97. The van der Waals surface area contributed by atoms with Crippen molar-refractivity contribution in [3.8, 4) is 28.2 Å². The third-order valence-electron chi connectivity index (χ3n) is 8.27. The Bertz CT molecular complexity index is 1900. The van der Waals surface area contributed by atoms with Gasteiger partial charge < -0.3 is 25.0 Å². The Labute approximate surface area is 252 Å². The van der Waals surface area contributed by atoms with Gasteiger partial charge in [0.05, 0.1) is 41.4 Å². The lowest BCUT2D eigenvalue weighted by molar-refractivity contribution is -0.130. The summed E-state index contributed by atoms with van der Waals surface area (Å²) in [5.41, 5.74) is 13.7. The van der Waals surface area contributed by atoms with Crippen molar-refractivity contribution < 1.29 is 19.0 Å². The molecular formula is C33H30FN7O3. The number of hydrogen-bond acceptors (Lipinski definition) is 9. The summed E-state index contributed by atoms with van der Waals surface area (Å²) in [4.78, 5) is 29.5. The quantitative estimate of drug-likeness (QED) is 0.291. The van der Waals surface area contributed by atoms with Crippen molar-refractivity contribution in [1.29, 1.82) is 0 Å². The van der Waals surface area contributed by atoms with E-state index in [0.29, 0.717) is 30.3 Å². The van der Waals surface area contributed by atoms with Crippen molar-refractivity contribution in [3.05, 3.63) is 102 Å². The molecular weight excluding hydrogens is 561 g/mol. The number of rotatable bonds is 7. The van der Waals surface area contributed by atoms with E-state index < -0.39 is 11.9 Å². The van der Waals surface area contributed by atoms with E-state index in [2.05, 4.69) is 43.7 Å². The molecule has 5 heterocycles. The third-order valence-corrected chi connectivity index (χ3v) is 8.27. The van der Waals surface area contributed by atoms with Crippen LogP contribution >= 0.6 is 0 Å². The van der Waals surface area contributed by atoms with Crippen LogP contribution in [0, 0.1) is 5.82 Å². The van der Waals surface area contributed by atoms with E-state index in [1.807, 2.05) is 29.2 Å². The number of halogens is 1. The molecule has 11 heteroatoms. The molecule has 10 nitrogen and oxygen atoms in total. The number of piperazine rings is 1. The number of nitrogens with two attached hydrogens (primary N) is 1. The number of nitrogen functional groups attached to an aromatic ring is 1. The van der Waals surface area contributed by atoms with Gasteiger partial charge >= 0.3 is 0 Å². The Kier molecular flexibility index (Phi) is 7.03. The lowest BCUT2D eigenvalue weighted by atomic mass is 9.95. The maximum Gasteiger partial charge on any atom is 0.233 e. The van der Waals surface area contributed by atoms with Crippen LogP contribution in [0.3, 0.4) is 0 Å². The lowest BCUT2D eigenvalue weighted by Crippen LogP contribution is -2.52. The Morgan fingerprint density at radius 2 is 1.80 bits per heavy atom. The number of aliphatic hydroxyl groups is 1. The Hall–Kier alpha value is -5.13. The zero-order valence-electron chi connectivity index (χ0n) is 24.0. The topological polar surface area (TPSA) is 123 Å².